The third-order valence-corrected chi connectivity index (χ3v) is 5.03. The van der Waals surface area contributed by atoms with Crippen molar-refractivity contribution in [2.75, 3.05) is 5.32 Å². The number of nitrogens with one attached hydrogen (secondary N) is 1. The van der Waals surface area contributed by atoms with Crippen molar-refractivity contribution in [2.45, 2.75) is 32.4 Å². The van der Waals surface area contributed by atoms with E-state index in [1.807, 2.05) is 0 Å². The highest BCUT2D eigenvalue weighted by Gasteiger charge is 2.45. The van der Waals surface area contributed by atoms with E-state index in [1.54, 1.807) is 0 Å². The van der Waals surface area contributed by atoms with Crippen LogP contribution in [-0.4, -0.2) is 23.2 Å². The zero-order valence-corrected chi connectivity index (χ0v) is 16.9. The zero-order chi connectivity index (χ0) is 22.6. The molecule has 3 atom stereocenters. The lowest BCUT2D eigenvalue weighted by Gasteiger charge is -2.26. The predicted octanol–water partition coefficient (Wildman–Crippen LogP) is 5.66. The fourth-order valence-corrected chi connectivity index (χ4v) is 3.10. The largest absolute Gasteiger partial charge is 0.481 e. The van der Waals surface area contributed by atoms with Gasteiger partial charge in [0.25, 0.3) is 0 Å². The van der Waals surface area contributed by atoms with Crippen molar-refractivity contribution < 1.29 is 32.3 Å². The Morgan fingerprint density at radius 2 is 1.70 bits per heavy atom. The summed E-state index contributed by atoms with van der Waals surface area (Å²) in [6.45, 7) is 2.34. The molecule has 30 heavy (non-hydrogen) atoms. The van der Waals surface area contributed by atoms with Crippen molar-refractivity contribution in [3.05, 3.63) is 64.4 Å². The molecule has 0 fully saturated rings. The molecule has 2 aromatic carbocycles. The highest BCUT2D eigenvalue weighted by Crippen LogP contribution is 2.38. The molecule has 0 unspecified atom stereocenters. The predicted molar refractivity (Wildman–Crippen MR) is 105 cm³/mol. The number of benzene rings is 2. The Bertz CT molecular complexity index is 915. The van der Waals surface area contributed by atoms with Crippen molar-refractivity contribution in [2.24, 2.45) is 11.8 Å². The molecule has 0 aromatic heterocycles. The standard InChI is InChI=1S/C21H20ClF4NO3/c1-11(20(29)30)9-13-3-8-16(23)17(10-13)27-19(28)18(12(2)21(24,25)26)14-4-6-15(22)7-5-14/h3-8,10-12,18H,9H2,1-2H3,(H,27,28)(H,29,30)/t11-,12+,18-/m0/s1. The second kappa shape index (κ2) is 9.47. The summed E-state index contributed by atoms with van der Waals surface area (Å²) in [5.74, 6) is -7.37. The quantitative estimate of drug-likeness (QED) is 0.540. The van der Waals surface area contributed by atoms with Gasteiger partial charge in [0.1, 0.15) is 5.82 Å². The number of carboxylic acid groups (broad SMARTS) is 1. The molecule has 2 rings (SSSR count). The third-order valence-electron chi connectivity index (χ3n) is 4.78. The van der Waals surface area contributed by atoms with Crippen molar-refractivity contribution in [3.63, 3.8) is 0 Å². The minimum Gasteiger partial charge on any atom is -0.481 e. The van der Waals surface area contributed by atoms with Crippen LogP contribution in [-0.2, 0) is 16.0 Å². The van der Waals surface area contributed by atoms with Gasteiger partial charge < -0.3 is 10.4 Å². The van der Waals surface area contributed by atoms with Crippen LogP contribution in [0.2, 0.25) is 5.02 Å². The van der Waals surface area contributed by atoms with Crippen LogP contribution >= 0.6 is 11.6 Å². The van der Waals surface area contributed by atoms with Gasteiger partial charge in [0.05, 0.1) is 23.4 Å². The number of carbonyl (C=O) groups is 2. The fourth-order valence-electron chi connectivity index (χ4n) is 2.97. The number of rotatable bonds is 7. The van der Waals surface area contributed by atoms with Crippen LogP contribution in [0.3, 0.4) is 0 Å². The molecule has 0 aliphatic rings. The Hall–Kier alpha value is -2.61. The smallest absolute Gasteiger partial charge is 0.392 e. The van der Waals surface area contributed by atoms with Crippen molar-refractivity contribution >= 4 is 29.2 Å². The zero-order valence-electron chi connectivity index (χ0n) is 16.1. The lowest BCUT2D eigenvalue weighted by molar-refractivity contribution is -0.178. The van der Waals surface area contributed by atoms with Crippen LogP contribution in [0.25, 0.3) is 0 Å². The van der Waals surface area contributed by atoms with Crippen molar-refractivity contribution in [1.29, 1.82) is 0 Å². The van der Waals surface area contributed by atoms with E-state index in [2.05, 4.69) is 5.32 Å². The first-order chi connectivity index (χ1) is 13.9. The summed E-state index contributed by atoms with van der Waals surface area (Å²) in [7, 11) is 0. The minimum absolute atomic E-state index is 0.0675. The first kappa shape index (κ1) is 23.7. The molecule has 162 valence electrons. The van der Waals surface area contributed by atoms with E-state index < -0.39 is 41.6 Å². The van der Waals surface area contributed by atoms with Gasteiger partial charge in [-0.3, -0.25) is 9.59 Å². The van der Waals surface area contributed by atoms with Gasteiger partial charge in [0.2, 0.25) is 5.91 Å². The van der Waals surface area contributed by atoms with Gasteiger partial charge in [-0.1, -0.05) is 43.6 Å². The number of aliphatic carboxylic acids is 1. The monoisotopic (exact) mass is 445 g/mol. The van der Waals surface area contributed by atoms with Crippen LogP contribution in [0.15, 0.2) is 42.5 Å². The summed E-state index contributed by atoms with van der Waals surface area (Å²) in [5, 5.41) is 11.5. The molecule has 0 aliphatic heterocycles. The second-order valence-electron chi connectivity index (χ2n) is 7.11. The van der Waals surface area contributed by atoms with E-state index in [-0.39, 0.29) is 17.7 Å². The Kier molecular flexibility index (Phi) is 7.47. The van der Waals surface area contributed by atoms with Gasteiger partial charge in [-0.05, 0) is 41.8 Å². The molecular weight excluding hydrogens is 426 g/mol. The van der Waals surface area contributed by atoms with E-state index in [4.69, 9.17) is 16.7 Å². The maximum Gasteiger partial charge on any atom is 0.392 e. The van der Waals surface area contributed by atoms with Gasteiger partial charge in [-0.15, -0.1) is 0 Å². The topological polar surface area (TPSA) is 66.4 Å². The Morgan fingerprint density at radius 1 is 1.10 bits per heavy atom. The van der Waals surface area contributed by atoms with Crippen molar-refractivity contribution in [3.8, 4) is 0 Å². The van der Waals surface area contributed by atoms with Crippen LogP contribution in [0.4, 0.5) is 23.2 Å². The third kappa shape index (κ3) is 5.95. The normalized spacial score (nSPS) is 14.6. The van der Waals surface area contributed by atoms with Crippen LogP contribution < -0.4 is 5.32 Å². The second-order valence-corrected chi connectivity index (χ2v) is 7.54. The Morgan fingerprint density at radius 3 is 2.23 bits per heavy atom. The van der Waals surface area contributed by atoms with E-state index in [0.717, 1.165) is 13.0 Å². The summed E-state index contributed by atoms with van der Waals surface area (Å²) in [6.07, 6.45) is -4.60. The molecule has 0 saturated heterocycles. The molecule has 1 amide bonds. The van der Waals surface area contributed by atoms with Crippen LogP contribution in [0, 0.1) is 17.7 Å². The van der Waals surface area contributed by atoms with Crippen LogP contribution in [0.1, 0.15) is 30.9 Å². The molecule has 0 radical (unpaired) electrons. The molecule has 0 aliphatic carbocycles. The summed E-state index contributed by atoms with van der Waals surface area (Å²) in [4.78, 5) is 23.8. The number of anilines is 1. The molecule has 4 nitrogen and oxygen atoms in total. The number of hydrogen-bond donors (Lipinski definition) is 2. The fraction of sp³-hybridized carbons (Fsp3) is 0.333. The first-order valence-corrected chi connectivity index (χ1v) is 9.42. The lowest BCUT2D eigenvalue weighted by atomic mass is 9.85. The van der Waals surface area contributed by atoms with Gasteiger partial charge in [-0.25, -0.2) is 4.39 Å². The summed E-state index contributed by atoms with van der Waals surface area (Å²) < 4.78 is 54.4. The first-order valence-electron chi connectivity index (χ1n) is 9.04. The molecule has 0 heterocycles. The number of hydrogen-bond acceptors (Lipinski definition) is 2. The van der Waals surface area contributed by atoms with Crippen LogP contribution in [0.5, 0.6) is 0 Å². The average molecular weight is 446 g/mol. The Labute approximate surface area is 175 Å². The Balaban J connectivity index is 2.35. The SMILES string of the molecule is C[C@H]([C@H](C(=O)Nc1cc(C[C@H](C)C(=O)O)ccc1F)c1ccc(Cl)cc1)C(F)(F)F. The van der Waals surface area contributed by atoms with E-state index >= 15 is 0 Å². The molecule has 2 N–H and O–H groups in total. The van der Waals surface area contributed by atoms with Gasteiger partial charge in [-0.2, -0.15) is 13.2 Å². The molecule has 2 aromatic rings. The van der Waals surface area contributed by atoms with Gasteiger partial charge in [0, 0.05) is 5.02 Å². The van der Waals surface area contributed by atoms with E-state index in [9.17, 15) is 27.2 Å². The number of halogens is 5. The molecule has 0 saturated carbocycles. The summed E-state index contributed by atoms with van der Waals surface area (Å²) in [6, 6.07) is 8.99. The number of carboxylic acids is 1. The maximum atomic E-state index is 14.2. The minimum atomic E-state index is -4.67. The summed E-state index contributed by atoms with van der Waals surface area (Å²) >= 11 is 5.78. The highest BCUT2D eigenvalue weighted by atomic mass is 35.5. The molecular formula is C21H20ClF4NO3. The molecule has 0 bridgehead atoms. The van der Waals surface area contributed by atoms with Crippen molar-refractivity contribution in [1.82, 2.24) is 0 Å². The average Bonchev–Trinajstić information content (AvgIpc) is 2.65. The maximum absolute atomic E-state index is 14.2. The summed E-state index contributed by atoms with van der Waals surface area (Å²) in [5.41, 5.74) is 0.190. The molecule has 9 heteroatoms. The number of alkyl halides is 3. The number of carbonyl (C=O) groups excluding carboxylic acids is 1. The van der Waals surface area contributed by atoms with E-state index in [0.29, 0.717) is 10.6 Å². The lowest BCUT2D eigenvalue weighted by Crippen LogP contribution is -2.34. The molecule has 0 spiro atoms. The van der Waals surface area contributed by atoms with Gasteiger partial charge in [0.15, 0.2) is 0 Å². The number of amides is 1. The van der Waals surface area contributed by atoms with Gasteiger partial charge >= 0.3 is 12.1 Å². The van der Waals surface area contributed by atoms with E-state index in [1.165, 1.54) is 43.3 Å². The highest BCUT2D eigenvalue weighted by molar-refractivity contribution is 6.30.